The summed E-state index contributed by atoms with van der Waals surface area (Å²) in [4.78, 5) is 0. The Hall–Kier alpha value is -0.540. The number of nitrogens with two attached hydrogens (primary N) is 1. The molecule has 1 aliphatic heterocycles. The van der Waals surface area contributed by atoms with Crippen molar-refractivity contribution < 1.29 is 4.74 Å². The van der Waals surface area contributed by atoms with Crippen molar-refractivity contribution in [2.75, 3.05) is 20.2 Å². The van der Waals surface area contributed by atoms with E-state index in [1.807, 2.05) is 0 Å². The molecule has 2 unspecified atom stereocenters. The molecule has 1 rings (SSSR count). The lowest BCUT2D eigenvalue weighted by atomic mass is 10.0. The van der Waals surface area contributed by atoms with E-state index in [-0.39, 0.29) is 6.04 Å². The average molecular weight is 156 g/mol. The Morgan fingerprint density at radius 2 is 2.55 bits per heavy atom. The average Bonchev–Trinajstić information content (AvgIpc) is 2.04. The zero-order valence-corrected chi connectivity index (χ0v) is 7.13. The molecule has 1 aliphatic rings. The summed E-state index contributed by atoms with van der Waals surface area (Å²) >= 11 is 0. The fourth-order valence-electron chi connectivity index (χ4n) is 1.29. The summed E-state index contributed by atoms with van der Waals surface area (Å²) in [6, 6.07) is 0.219. The largest absolute Gasteiger partial charge is 0.500 e. The molecule has 3 heteroatoms. The molecule has 0 aromatic carbocycles. The van der Waals surface area contributed by atoms with Crippen LogP contribution in [0.4, 0.5) is 0 Å². The van der Waals surface area contributed by atoms with Gasteiger partial charge in [0.15, 0.2) is 0 Å². The number of hydrogen-bond acceptors (Lipinski definition) is 3. The first-order chi connectivity index (χ1) is 5.27. The van der Waals surface area contributed by atoms with Gasteiger partial charge in [-0.05, 0) is 12.0 Å². The van der Waals surface area contributed by atoms with Crippen LogP contribution >= 0.6 is 0 Å². The zero-order chi connectivity index (χ0) is 8.27. The molecule has 2 atom stereocenters. The second-order valence-electron chi connectivity index (χ2n) is 2.95. The molecule has 0 aliphatic carbocycles. The maximum atomic E-state index is 5.53. The molecule has 11 heavy (non-hydrogen) atoms. The highest BCUT2D eigenvalue weighted by Crippen LogP contribution is 2.12. The van der Waals surface area contributed by atoms with Gasteiger partial charge in [0, 0.05) is 13.1 Å². The normalized spacial score (nSPS) is 31.4. The highest BCUT2D eigenvalue weighted by molar-refractivity contribution is 5.09. The van der Waals surface area contributed by atoms with Crippen LogP contribution in [0.25, 0.3) is 0 Å². The van der Waals surface area contributed by atoms with Crippen LogP contribution in [0.15, 0.2) is 11.8 Å². The highest BCUT2D eigenvalue weighted by atomic mass is 16.5. The topological polar surface area (TPSA) is 47.3 Å². The summed E-state index contributed by atoms with van der Waals surface area (Å²) in [5.74, 6) is 1.53. The number of hydrogen-bond donors (Lipinski definition) is 2. The van der Waals surface area contributed by atoms with Crippen LogP contribution in [-0.4, -0.2) is 26.2 Å². The van der Waals surface area contributed by atoms with Crippen LogP contribution in [0, 0.1) is 5.92 Å². The third-order valence-electron chi connectivity index (χ3n) is 1.95. The van der Waals surface area contributed by atoms with Crippen LogP contribution < -0.4 is 11.1 Å². The highest BCUT2D eigenvalue weighted by Gasteiger charge is 2.18. The molecule has 0 bridgehead atoms. The molecule has 0 aromatic rings. The van der Waals surface area contributed by atoms with Crippen LogP contribution in [-0.2, 0) is 4.74 Å². The van der Waals surface area contributed by atoms with E-state index in [0.29, 0.717) is 12.5 Å². The summed E-state index contributed by atoms with van der Waals surface area (Å²) in [6.45, 7) is 3.75. The first-order valence-electron chi connectivity index (χ1n) is 3.97. The fourth-order valence-corrected chi connectivity index (χ4v) is 1.29. The lowest BCUT2D eigenvalue weighted by Gasteiger charge is -2.26. The predicted octanol–water partition coefficient (Wildman–Crippen LogP) is 0.0833. The van der Waals surface area contributed by atoms with Gasteiger partial charge in [-0.3, -0.25) is 0 Å². The molecule has 1 heterocycles. The third-order valence-corrected chi connectivity index (χ3v) is 1.95. The van der Waals surface area contributed by atoms with Crippen LogP contribution in [0.3, 0.4) is 0 Å². The summed E-state index contributed by atoms with van der Waals surface area (Å²) < 4.78 is 5.18. The van der Waals surface area contributed by atoms with Crippen LogP contribution in [0.2, 0.25) is 0 Å². The van der Waals surface area contributed by atoms with Gasteiger partial charge < -0.3 is 15.8 Å². The van der Waals surface area contributed by atoms with Crippen molar-refractivity contribution in [3.05, 3.63) is 11.8 Å². The minimum Gasteiger partial charge on any atom is -0.500 e. The Balaban J connectivity index is 2.63. The molecule has 0 saturated carbocycles. The SMILES string of the molecule is COC1=CC(C)CNC1CN. The third kappa shape index (κ3) is 1.94. The summed E-state index contributed by atoms with van der Waals surface area (Å²) in [6.07, 6.45) is 2.13. The van der Waals surface area contributed by atoms with Crippen molar-refractivity contribution in [1.82, 2.24) is 5.32 Å². The number of ether oxygens (including phenoxy) is 1. The van der Waals surface area contributed by atoms with Crippen LogP contribution in [0.5, 0.6) is 0 Å². The van der Waals surface area contributed by atoms with Crippen LogP contribution in [0.1, 0.15) is 6.92 Å². The monoisotopic (exact) mass is 156 g/mol. The Morgan fingerprint density at radius 1 is 1.82 bits per heavy atom. The van der Waals surface area contributed by atoms with E-state index in [4.69, 9.17) is 10.5 Å². The molecule has 3 nitrogen and oxygen atoms in total. The molecule has 64 valence electrons. The van der Waals surface area contributed by atoms with Gasteiger partial charge in [-0.25, -0.2) is 0 Å². The maximum absolute atomic E-state index is 5.53. The quantitative estimate of drug-likeness (QED) is 0.595. The smallest absolute Gasteiger partial charge is 0.110 e. The van der Waals surface area contributed by atoms with Gasteiger partial charge in [0.1, 0.15) is 5.76 Å². The minimum atomic E-state index is 0.219. The molecule has 0 saturated heterocycles. The Bertz CT molecular complexity index is 156. The first kappa shape index (κ1) is 8.56. The van der Waals surface area contributed by atoms with E-state index in [0.717, 1.165) is 12.3 Å². The lowest BCUT2D eigenvalue weighted by Crippen LogP contribution is -2.43. The number of nitrogens with one attached hydrogen (secondary N) is 1. The molecule has 0 aromatic heterocycles. The molecule has 0 radical (unpaired) electrons. The van der Waals surface area contributed by atoms with Crippen molar-refractivity contribution in [3.63, 3.8) is 0 Å². The zero-order valence-electron chi connectivity index (χ0n) is 7.13. The molecular weight excluding hydrogens is 140 g/mol. The van der Waals surface area contributed by atoms with Gasteiger partial charge in [-0.1, -0.05) is 6.92 Å². The fraction of sp³-hybridized carbons (Fsp3) is 0.750. The number of rotatable bonds is 2. The van der Waals surface area contributed by atoms with Gasteiger partial charge in [-0.2, -0.15) is 0 Å². The Morgan fingerprint density at radius 3 is 3.09 bits per heavy atom. The van der Waals surface area contributed by atoms with E-state index in [9.17, 15) is 0 Å². The van der Waals surface area contributed by atoms with Gasteiger partial charge in [0.2, 0.25) is 0 Å². The second kappa shape index (κ2) is 3.74. The van der Waals surface area contributed by atoms with E-state index in [2.05, 4.69) is 18.3 Å². The number of methoxy groups -OCH3 is 1. The molecule has 0 fully saturated rings. The van der Waals surface area contributed by atoms with Gasteiger partial charge in [0.05, 0.1) is 13.2 Å². The summed E-state index contributed by atoms with van der Waals surface area (Å²) in [5, 5.41) is 3.30. The van der Waals surface area contributed by atoms with E-state index < -0.39 is 0 Å². The lowest BCUT2D eigenvalue weighted by molar-refractivity contribution is 0.235. The maximum Gasteiger partial charge on any atom is 0.110 e. The Labute approximate surface area is 67.6 Å². The van der Waals surface area contributed by atoms with Crippen molar-refractivity contribution in [3.8, 4) is 0 Å². The summed E-state index contributed by atoms with van der Waals surface area (Å²) in [5.41, 5.74) is 5.53. The molecule has 3 N–H and O–H groups in total. The van der Waals surface area contributed by atoms with Gasteiger partial charge in [-0.15, -0.1) is 0 Å². The molecular formula is C8H16N2O. The van der Waals surface area contributed by atoms with E-state index >= 15 is 0 Å². The first-order valence-corrected chi connectivity index (χ1v) is 3.97. The van der Waals surface area contributed by atoms with Crippen molar-refractivity contribution in [1.29, 1.82) is 0 Å². The van der Waals surface area contributed by atoms with E-state index in [1.165, 1.54) is 0 Å². The van der Waals surface area contributed by atoms with Crippen molar-refractivity contribution in [2.24, 2.45) is 11.7 Å². The second-order valence-corrected chi connectivity index (χ2v) is 2.95. The van der Waals surface area contributed by atoms with Gasteiger partial charge in [0.25, 0.3) is 0 Å². The van der Waals surface area contributed by atoms with Gasteiger partial charge >= 0.3 is 0 Å². The van der Waals surface area contributed by atoms with Crippen molar-refractivity contribution >= 4 is 0 Å². The Kier molecular flexibility index (Phi) is 2.91. The standard InChI is InChI=1S/C8H16N2O/c1-6-3-8(11-2)7(4-9)10-5-6/h3,6-7,10H,4-5,9H2,1-2H3. The molecule has 0 spiro atoms. The predicted molar refractivity (Wildman–Crippen MR) is 45.1 cm³/mol. The minimum absolute atomic E-state index is 0.219. The van der Waals surface area contributed by atoms with E-state index in [1.54, 1.807) is 7.11 Å². The summed E-state index contributed by atoms with van der Waals surface area (Å²) in [7, 11) is 1.69. The van der Waals surface area contributed by atoms with Crippen molar-refractivity contribution in [2.45, 2.75) is 13.0 Å². The molecule has 0 amide bonds.